The van der Waals surface area contributed by atoms with E-state index in [1.807, 2.05) is 62.4 Å². The predicted molar refractivity (Wildman–Crippen MR) is 113 cm³/mol. The van der Waals surface area contributed by atoms with Crippen LogP contribution in [0.15, 0.2) is 58.2 Å². The number of thioether (sulfide) groups is 1. The third-order valence-electron chi connectivity index (χ3n) is 4.13. The first-order valence-electron chi connectivity index (χ1n) is 8.47. The molecule has 0 aliphatic carbocycles. The molecular weight excluding hydrogens is 426 g/mol. The largest absolute Gasteiger partial charge is 0.335 e. The fourth-order valence-electron chi connectivity index (χ4n) is 2.75. The molecule has 2 aromatic carbocycles. The van der Waals surface area contributed by atoms with Gasteiger partial charge >= 0.3 is 0 Å². The number of hydrogen-bond donors (Lipinski definition) is 1. The average molecular weight is 446 g/mol. The van der Waals surface area contributed by atoms with Crippen LogP contribution >= 0.6 is 27.7 Å². The summed E-state index contributed by atoms with van der Waals surface area (Å²) in [5.41, 5.74) is 2.84. The van der Waals surface area contributed by atoms with Crippen LogP contribution in [0, 0.1) is 6.92 Å². The van der Waals surface area contributed by atoms with Crippen molar-refractivity contribution in [3.8, 4) is 11.4 Å². The maximum Gasteiger partial charge on any atom is 0.237 e. The highest BCUT2D eigenvalue weighted by Gasteiger charge is 2.19. The van der Waals surface area contributed by atoms with E-state index in [1.54, 1.807) is 4.90 Å². The molecule has 0 unspecified atom stereocenters. The summed E-state index contributed by atoms with van der Waals surface area (Å²) in [5.74, 6) is 6.94. The van der Waals surface area contributed by atoms with Crippen LogP contribution in [-0.2, 0) is 4.79 Å². The minimum Gasteiger partial charge on any atom is -0.335 e. The molecular formula is C19H20BrN5OS. The Labute approximate surface area is 170 Å². The fourth-order valence-corrected chi connectivity index (χ4v) is 3.95. The summed E-state index contributed by atoms with van der Waals surface area (Å²) in [4.78, 5) is 14.5. The van der Waals surface area contributed by atoms with Crippen LogP contribution in [0.3, 0.4) is 0 Å². The number of benzene rings is 2. The second-order valence-electron chi connectivity index (χ2n) is 5.87. The maximum absolute atomic E-state index is 12.7. The molecule has 27 heavy (non-hydrogen) atoms. The number of nitrogen functional groups attached to an aromatic ring is 1. The summed E-state index contributed by atoms with van der Waals surface area (Å²) < 4.78 is 2.30. The summed E-state index contributed by atoms with van der Waals surface area (Å²) in [7, 11) is 0. The Kier molecular flexibility index (Phi) is 6.18. The van der Waals surface area contributed by atoms with E-state index in [4.69, 9.17) is 5.84 Å². The number of aryl methyl sites for hydroxylation is 1. The van der Waals surface area contributed by atoms with E-state index in [0.717, 1.165) is 21.3 Å². The van der Waals surface area contributed by atoms with Crippen molar-refractivity contribution >= 4 is 39.3 Å². The van der Waals surface area contributed by atoms with Crippen molar-refractivity contribution in [2.75, 3.05) is 23.0 Å². The van der Waals surface area contributed by atoms with Gasteiger partial charge in [-0.3, -0.25) is 4.79 Å². The van der Waals surface area contributed by atoms with Crippen molar-refractivity contribution in [1.29, 1.82) is 0 Å². The smallest absolute Gasteiger partial charge is 0.237 e. The van der Waals surface area contributed by atoms with Gasteiger partial charge in [0.1, 0.15) is 0 Å². The van der Waals surface area contributed by atoms with Crippen LogP contribution in [0.25, 0.3) is 11.4 Å². The number of nitrogens with zero attached hydrogens (tertiary/aromatic N) is 4. The highest BCUT2D eigenvalue weighted by Crippen LogP contribution is 2.28. The number of carbonyl (C=O) groups is 1. The van der Waals surface area contributed by atoms with Crippen LogP contribution in [0.1, 0.15) is 12.5 Å². The van der Waals surface area contributed by atoms with Gasteiger partial charge in [-0.2, -0.15) is 0 Å². The van der Waals surface area contributed by atoms with E-state index < -0.39 is 0 Å². The lowest BCUT2D eigenvalue weighted by Gasteiger charge is -2.22. The minimum atomic E-state index is 0.00208. The Morgan fingerprint density at radius 1 is 1.19 bits per heavy atom. The Balaban J connectivity index is 1.74. The number of nitrogens with two attached hydrogens (primary N) is 1. The van der Waals surface area contributed by atoms with Gasteiger partial charge in [0.05, 0.1) is 5.75 Å². The quantitative estimate of drug-likeness (QED) is 0.460. The molecule has 0 bridgehead atoms. The first-order chi connectivity index (χ1) is 13.0. The number of carbonyl (C=O) groups excluding carboxylic acids is 1. The van der Waals surface area contributed by atoms with Crippen molar-refractivity contribution in [1.82, 2.24) is 14.9 Å². The second-order valence-corrected chi connectivity index (χ2v) is 7.67. The zero-order valence-corrected chi connectivity index (χ0v) is 17.5. The van der Waals surface area contributed by atoms with E-state index in [1.165, 1.54) is 16.4 Å². The Bertz CT molecular complexity index is 959. The van der Waals surface area contributed by atoms with Crippen molar-refractivity contribution in [3.05, 3.63) is 58.6 Å². The van der Waals surface area contributed by atoms with Gasteiger partial charge in [-0.15, -0.1) is 10.2 Å². The molecule has 0 saturated heterocycles. The number of rotatable bonds is 6. The van der Waals surface area contributed by atoms with Gasteiger partial charge in [-0.1, -0.05) is 58.0 Å². The van der Waals surface area contributed by atoms with Crippen molar-refractivity contribution in [3.63, 3.8) is 0 Å². The fraction of sp³-hybridized carbons (Fsp3) is 0.211. The highest BCUT2D eigenvalue weighted by molar-refractivity contribution is 9.10. The molecule has 0 spiro atoms. The van der Waals surface area contributed by atoms with Gasteiger partial charge in [0.15, 0.2) is 5.82 Å². The monoisotopic (exact) mass is 445 g/mol. The summed E-state index contributed by atoms with van der Waals surface area (Å²) in [6, 6.07) is 15.5. The minimum absolute atomic E-state index is 0.00208. The third kappa shape index (κ3) is 4.17. The van der Waals surface area contributed by atoms with Crippen molar-refractivity contribution in [2.24, 2.45) is 0 Å². The number of halogens is 1. The lowest BCUT2D eigenvalue weighted by molar-refractivity contribution is -0.116. The average Bonchev–Trinajstić information content (AvgIpc) is 3.03. The zero-order chi connectivity index (χ0) is 19.4. The molecule has 0 aliphatic heterocycles. The standard InChI is InChI=1S/C19H20BrN5OS/c1-3-24(16-11-7-4-8-13(16)2)17(26)12-27-19-23-22-18(25(19)21)14-9-5-6-10-15(14)20/h4-11H,3,12,21H2,1-2H3. The molecule has 0 radical (unpaired) electrons. The second kappa shape index (κ2) is 8.58. The Hall–Kier alpha value is -2.32. The first kappa shape index (κ1) is 19.4. The predicted octanol–water partition coefficient (Wildman–Crippen LogP) is 3.88. The van der Waals surface area contributed by atoms with Crippen molar-refractivity contribution < 1.29 is 4.79 Å². The maximum atomic E-state index is 12.7. The van der Waals surface area contributed by atoms with E-state index in [9.17, 15) is 4.79 Å². The molecule has 3 aromatic rings. The van der Waals surface area contributed by atoms with Crippen LogP contribution in [0.2, 0.25) is 0 Å². The van der Waals surface area contributed by atoms with Crippen LogP contribution < -0.4 is 10.7 Å². The van der Waals surface area contributed by atoms with E-state index in [0.29, 0.717) is 17.5 Å². The summed E-state index contributed by atoms with van der Waals surface area (Å²) in [6.45, 7) is 4.56. The van der Waals surface area contributed by atoms with Gasteiger partial charge in [0.25, 0.3) is 0 Å². The molecule has 2 N–H and O–H groups in total. The van der Waals surface area contributed by atoms with Crippen molar-refractivity contribution in [2.45, 2.75) is 19.0 Å². The van der Waals surface area contributed by atoms with E-state index >= 15 is 0 Å². The summed E-state index contributed by atoms with van der Waals surface area (Å²) in [5, 5.41) is 8.81. The first-order valence-corrected chi connectivity index (χ1v) is 10.2. The number of para-hydroxylation sites is 1. The molecule has 1 heterocycles. The molecule has 0 saturated carbocycles. The third-order valence-corrected chi connectivity index (χ3v) is 5.75. The normalized spacial score (nSPS) is 10.8. The van der Waals surface area contributed by atoms with Crippen LogP contribution in [-0.4, -0.2) is 33.1 Å². The Morgan fingerprint density at radius 3 is 2.59 bits per heavy atom. The number of amides is 1. The summed E-state index contributed by atoms with van der Waals surface area (Å²) >= 11 is 4.77. The number of hydrogen-bond acceptors (Lipinski definition) is 5. The number of aromatic nitrogens is 3. The Morgan fingerprint density at radius 2 is 1.89 bits per heavy atom. The topological polar surface area (TPSA) is 77.0 Å². The van der Waals surface area contributed by atoms with Gasteiger partial charge in [0.2, 0.25) is 11.1 Å². The molecule has 3 rings (SSSR count). The van der Waals surface area contributed by atoms with Gasteiger partial charge in [-0.25, -0.2) is 4.68 Å². The lowest BCUT2D eigenvalue weighted by Crippen LogP contribution is -2.32. The number of anilines is 1. The molecule has 140 valence electrons. The SMILES string of the molecule is CCN(C(=O)CSc1nnc(-c2ccccc2Br)n1N)c1ccccc1C. The molecule has 0 atom stereocenters. The van der Waals surface area contributed by atoms with Gasteiger partial charge in [0, 0.05) is 22.3 Å². The molecule has 0 aliphatic rings. The zero-order valence-electron chi connectivity index (χ0n) is 15.1. The van der Waals surface area contributed by atoms with Crippen LogP contribution in [0.5, 0.6) is 0 Å². The van der Waals surface area contributed by atoms with Gasteiger partial charge < -0.3 is 10.7 Å². The highest BCUT2D eigenvalue weighted by atomic mass is 79.9. The molecule has 8 heteroatoms. The lowest BCUT2D eigenvalue weighted by atomic mass is 10.2. The van der Waals surface area contributed by atoms with E-state index in [-0.39, 0.29) is 11.7 Å². The molecule has 6 nitrogen and oxygen atoms in total. The summed E-state index contributed by atoms with van der Waals surface area (Å²) in [6.07, 6.45) is 0. The van der Waals surface area contributed by atoms with Crippen LogP contribution in [0.4, 0.5) is 5.69 Å². The molecule has 1 aromatic heterocycles. The van der Waals surface area contributed by atoms with E-state index in [2.05, 4.69) is 26.1 Å². The molecule has 1 amide bonds. The van der Waals surface area contributed by atoms with Gasteiger partial charge in [-0.05, 0) is 37.6 Å². The molecule has 0 fully saturated rings.